The Morgan fingerprint density at radius 1 is 0.914 bits per heavy atom. The van der Waals surface area contributed by atoms with Crippen LogP contribution in [0.1, 0.15) is 51.2 Å². The molecule has 0 saturated heterocycles. The van der Waals surface area contributed by atoms with Crippen LogP contribution in [0, 0.1) is 11.7 Å². The Balaban J connectivity index is 2.10. The van der Waals surface area contributed by atoms with Crippen LogP contribution in [0.5, 0.6) is 0 Å². The number of aliphatic carboxylic acids is 1. The number of hydrogen-bond donors (Lipinski definition) is 3. The number of halogens is 1. The molecule has 7 nitrogen and oxygen atoms in total. The highest BCUT2D eigenvalue weighted by Crippen LogP contribution is 2.16. The van der Waals surface area contributed by atoms with E-state index >= 15 is 0 Å². The van der Waals surface area contributed by atoms with Gasteiger partial charge in [0.1, 0.15) is 17.6 Å². The summed E-state index contributed by atoms with van der Waals surface area (Å²) in [7, 11) is 0. The molecule has 0 spiro atoms. The number of carboxylic acids is 1. The van der Waals surface area contributed by atoms with Crippen molar-refractivity contribution in [3.63, 3.8) is 0 Å². The van der Waals surface area contributed by atoms with Crippen molar-refractivity contribution < 1.29 is 28.7 Å². The van der Waals surface area contributed by atoms with Gasteiger partial charge in [-0.3, -0.25) is 14.4 Å². The van der Waals surface area contributed by atoms with Crippen molar-refractivity contribution in [3.8, 4) is 0 Å². The maximum Gasteiger partial charge on any atom is 0.326 e. The van der Waals surface area contributed by atoms with Gasteiger partial charge in [0, 0.05) is 31.2 Å². The Hall–Kier alpha value is -3.55. The smallest absolute Gasteiger partial charge is 0.326 e. The quantitative estimate of drug-likeness (QED) is 0.427. The number of carbonyl (C=O) groups excluding carboxylic acids is 3. The van der Waals surface area contributed by atoms with Gasteiger partial charge in [-0.25, -0.2) is 9.18 Å². The second-order valence-electron chi connectivity index (χ2n) is 9.66. The van der Waals surface area contributed by atoms with Crippen LogP contribution in [0.2, 0.25) is 0 Å². The van der Waals surface area contributed by atoms with E-state index in [1.54, 1.807) is 20.8 Å². The summed E-state index contributed by atoms with van der Waals surface area (Å²) in [6.07, 6.45) is 0.212. The Morgan fingerprint density at radius 3 is 2.11 bits per heavy atom. The van der Waals surface area contributed by atoms with Gasteiger partial charge in [-0.2, -0.15) is 0 Å². The molecule has 0 aliphatic rings. The topological polar surface area (TPSA) is 113 Å². The first-order valence-corrected chi connectivity index (χ1v) is 11.6. The molecule has 0 aliphatic carbocycles. The monoisotopic (exact) mass is 484 g/mol. The molecule has 35 heavy (non-hydrogen) atoms. The Labute approximate surface area is 205 Å². The largest absolute Gasteiger partial charge is 0.480 e. The molecule has 0 unspecified atom stereocenters. The molecule has 0 radical (unpaired) electrons. The van der Waals surface area contributed by atoms with Crippen LogP contribution in [0.15, 0.2) is 54.6 Å². The van der Waals surface area contributed by atoms with Gasteiger partial charge < -0.3 is 15.7 Å². The minimum atomic E-state index is -1.29. The molecule has 0 fully saturated rings. The number of carbonyl (C=O) groups is 4. The van der Waals surface area contributed by atoms with E-state index in [0.29, 0.717) is 12.0 Å². The van der Waals surface area contributed by atoms with Gasteiger partial charge in [-0.05, 0) is 50.5 Å². The van der Waals surface area contributed by atoms with Crippen LogP contribution in [-0.4, -0.2) is 40.3 Å². The maximum atomic E-state index is 13.2. The molecule has 0 aliphatic heterocycles. The fourth-order valence-corrected chi connectivity index (χ4v) is 3.60. The standard InChI is InChI=1S/C27H33FN2O5/c1-27(2,3)30-24(32)17-20(16-22(31)14-11-18-7-5-4-6-8-18)25(33)29-23(26(34)35)15-19-9-12-21(28)13-10-19/h4-10,12-13,20,23H,11,14-17H2,1-3H3,(H,29,33)(H,30,32)(H,34,35)/t20-,23-/m0/s1. The average Bonchev–Trinajstić information content (AvgIpc) is 2.77. The van der Waals surface area contributed by atoms with Crippen molar-refractivity contribution in [2.75, 3.05) is 0 Å². The lowest BCUT2D eigenvalue weighted by Gasteiger charge is -2.24. The zero-order chi connectivity index (χ0) is 26.0. The first-order valence-electron chi connectivity index (χ1n) is 11.6. The fraction of sp³-hybridized carbons (Fsp3) is 0.407. The van der Waals surface area contributed by atoms with Gasteiger partial charge in [0.05, 0.1) is 5.92 Å². The highest BCUT2D eigenvalue weighted by atomic mass is 19.1. The van der Waals surface area contributed by atoms with E-state index in [1.807, 2.05) is 30.3 Å². The molecule has 2 aromatic carbocycles. The number of aryl methyl sites for hydroxylation is 1. The second kappa shape index (κ2) is 12.8. The lowest BCUT2D eigenvalue weighted by Crippen LogP contribution is -2.47. The summed E-state index contributed by atoms with van der Waals surface area (Å²) in [5.74, 6) is -4.02. The van der Waals surface area contributed by atoms with Crippen LogP contribution in [0.25, 0.3) is 0 Å². The first kappa shape index (κ1) is 27.7. The Bertz CT molecular complexity index is 1020. The summed E-state index contributed by atoms with van der Waals surface area (Å²) in [5.41, 5.74) is 0.986. The molecule has 8 heteroatoms. The molecule has 0 saturated carbocycles. The molecule has 0 heterocycles. The minimum Gasteiger partial charge on any atom is -0.480 e. The molecule has 0 aromatic heterocycles. The predicted octanol–water partition coefficient (Wildman–Crippen LogP) is 3.45. The van der Waals surface area contributed by atoms with Crippen molar-refractivity contribution in [1.29, 1.82) is 0 Å². The van der Waals surface area contributed by atoms with Gasteiger partial charge in [0.25, 0.3) is 0 Å². The van der Waals surface area contributed by atoms with E-state index in [9.17, 15) is 28.7 Å². The molecule has 2 aromatic rings. The number of rotatable bonds is 12. The van der Waals surface area contributed by atoms with Crippen molar-refractivity contribution in [1.82, 2.24) is 10.6 Å². The summed E-state index contributed by atoms with van der Waals surface area (Å²) in [6.45, 7) is 5.40. The summed E-state index contributed by atoms with van der Waals surface area (Å²) >= 11 is 0. The number of amides is 2. The lowest BCUT2D eigenvalue weighted by molar-refractivity contribution is -0.143. The molecule has 2 atom stereocenters. The number of benzene rings is 2. The van der Waals surface area contributed by atoms with E-state index in [4.69, 9.17) is 0 Å². The van der Waals surface area contributed by atoms with Gasteiger partial charge in [-0.15, -0.1) is 0 Å². The van der Waals surface area contributed by atoms with Crippen molar-refractivity contribution in [2.24, 2.45) is 5.92 Å². The third-order valence-corrected chi connectivity index (χ3v) is 5.29. The molecule has 188 valence electrons. The Morgan fingerprint density at radius 2 is 1.54 bits per heavy atom. The molecular formula is C27H33FN2O5. The lowest BCUT2D eigenvalue weighted by atomic mass is 9.93. The minimum absolute atomic E-state index is 0.0653. The predicted molar refractivity (Wildman–Crippen MR) is 130 cm³/mol. The first-order chi connectivity index (χ1) is 16.4. The average molecular weight is 485 g/mol. The number of hydrogen-bond acceptors (Lipinski definition) is 4. The van der Waals surface area contributed by atoms with E-state index in [1.165, 1.54) is 24.3 Å². The van der Waals surface area contributed by atoms with Gasteiger partial charge in [0.15, 0.2) is 0 Å². The zero-order valence-electron chi connectivity index (χ0n) is 20.3. The Kier molecular flexibility index (Phi) is 10.1. The van der Waals surface area contributed by atoms with Gasteiger partial charge >= 0.3 is 5.97 Å². The highest BCUT2D eigenvalue weighted by molar-refractivity contribution is 5.92. The van der Waals surface area contributed by atoms with E-state index < -0.39 is 41.1 Å². The summed E-state index contributed by atoms with van der Waals surface area (Å²) in [5, 5.41) is 14.8. The summed E-state index contributed by atoms with van der Waals surface area (Å²) < 4.78 is 13.2. The molecule has 2 rings (SSSR count). The van der Waals surface area contributed by atoms with Crippen LogP contribution in [0.4, 0.5) is 4.39 Å². The van der Waals surface area contributed by atoms with E-state index in [-0.39, 0.29) is 31.5 Å². The maximum absolute atomic E-state index is 13.2. The van der Waals surface area contributed by atoms with Crippen molar-refractivity contribution in [3.05, 3.63) is 71.5 Å². The third-order valence-electron chi connectivity index (χ3n) is 5.29. The molecule has 3 N–H and O–H groups in total. The number of carboxylic acid groups (broad SMARTS) is 1. The molecule has 0 bridgehead atoms. The molecule has 2 amide bonds. The number of nitrogens with one attached hydrogen (secondary N) is 2. The SMILES string of the molecule is CC(C)(C)NC(=O)C[C@H](CC(=O)CCc1ccccc1)C(=O)N[C@@H](Cc1ccc(F)cc1)C(=O)O. The van der Waals surface area contributed by atoms with Crippen molar-refractivity contribution in [2.45, 2.75) is 64.5 Å². The summed E-state index contributed by atoms with van der Waals surface area (Å²) in [4.78, 5) is 50.0. The van der Waals surface area contributed by atoms with E-state index in [2.05, 4.69) is 10.6 Å². The fourth-order valence-electron chi connectivity index (χ4n) is 3.60. The number of Topliss-reactive ketones (excluding diaryl/α,β-unsaturated/α-hetero) is 1. The van der Waals surface area contributed by atoms with E-state index in [0.717, 1.165) is 5.56 Å². The van der Waals surface area contributed by atoms with Gasteiger partial charge in [-0.1, -0.05) is 42.5 Å². The second-order valence-corrected chi connectivity index (χ2v) is 9.66. The van der Waals surface area contributed by atoms with Crippen molar-refractivity contribution >= 4 is 23.6 Å². The van der Waals surface area contributed by atoms with Crippen LogP contribution in [0.3, 0.4) is 0 Å². The van der Waals surface area contributed by atoms with Crippen LogP contribution >= 0.6 is 0 Å². The summed E-state index contributed by atoms with van der Waals surface area (Å²) in [6, 6.07) is 13.5. The van der Waals surface area contributed by atoms with Crippen LogP contribution < -0.4 is 10.6 Å². The highest BCUT2D eigenvalue weighted by Gasteiger charge is 2.30. The normalized spacial score (nSPS) is 12.9. The molecular weight excluding hydrogens is 451 g/mol. The van der Waals surface area contributed by atoms with Gasteiger partial charge in [0.2, 0.25) is 11.8 Å². The number of ketones is 1. The zero-order valence-corrected chi connectivity index (χ0v) is 20.3. The van der Waals surface area contributed by atoms with Crippen LogP contribution in [-0.2, 0) is 32.0 Å². The third kappa shape index (κ3) is 10.5.